The van der Waals surface area contributed by atoms with Gasteiger partial charge in [0, 0.05) is 0 Å². The quantitative estimate of drug-likeness (QED) is 0.348. The maximum atomic E-state index is 6.46. The summed E-state index contributed by atoms with van der Waals surface area (Å²) in [5.74, 6) is 0. The van der Waals surface area contributed by atoms with E-state index in [2.05, 4.69) is 39.8 Å². The second-order valence-corrected chi connectivity index (χ2v) is 3.56. The van der Waals surface area contributed by atoms with Gasteiger partial charge in [-0.3, -0.25) is 5.43 Å². The molecule has 2 N–H and O–H groups in total. The van der Waals surface area contributed by atoms with Crippen LogP contribution in [0.15, 0.2) is 39.3 Å². The molecule has 0 aliphatic carbocycles. The molecule has 4 heteroatoms. The Hall–Kier alpha value is -0.650. The van der Waals surface area contributed by atoms with Crippen molar-refractivity contribution in [3.05, 3.63) is 34.1 Å². The summed E-state index contributed by atoms with van der Waals surface area (Å²) in [4.78, 5) is 0. The Morgan fingerprint density at radius 1 is 1.73 bits per heavy atom. The van der Waals surface area contributed by atoms with E-state index in [-0.39, 0.29) is 0 Å². The van der Waals surface area contributed by atoms with Crippen molar-refractivity contribution in [1.82, 2.24) is 5.43 Å². The fourth-order valence-electron chi connectivity index (χ4n) is 0.406. The van der Waals surface area contributed by atoms with Crippen molar-refractivity contribution < 1.29 is 0 Å². The van der Waals surface area contributed by atoms with E-state index in [9.17, 15) is 0 Å². The van der Waals surface area contributed by atoms with Crippen LogP contribution in [-0.4, -0.2) is 0 Å². The van der Waals surface area contributed by atoms with E-state index < -0.39 is 0 Å². The summed E-state index contributed by atoms with van der Waals surface area (Å²) in [5.41, 5.74) is 9.46. The van der Waals surface area contributed by atoms with Crippen molar-refractivity contribution in [2.75, 3.05) is 0 Å². The van der Waals surface area contributed by atoms with Crippen molar-refractivity contribution >= 4 is 22.6 Å². The summed E-state index contributed by atoms with van der Waals surface area (Å²) < 4.78 is 1.19. The molecule has 0 bridgehead atoms. The molecule has 0 spiro atoms. The highest BCUT2D eigenvalue weighted by molar-refractivity contribution is 14.1. The van der Waals surface area contributed by atoms with Crippen LogP contribution in [0, 0.1) is 5.53 Å². The summed E-state index contributed by atoms with van der Waals surface area (Å²) in [7, 11) is 0. The van der Waals surface area contributed by atoms with Gasteiger partial charge in [-0.1, -0.05) is 24.0 Å². The summed E-state index contributed by atoms with van der Waals surface area (Å²) in [6, 6.07) is 0. The van der Waals surface area contributed by atoms with E-state index in [0.717, 1.165) is 0 Å². The first kappa shape index (κ1) is 10.3. The molecule has 0 saturated carbocycles. The molecule has 0 aromatic rings. The van der Waals surface area contributed by atoms with Gasteiger partial charge in [-0.2, -0.15) is 5.53 Å². The Balaban J connectivity index is 3.83. The Morgan fingerprint density at radius 2 is 2.36 bits per heavy atom. The van der Waals surface area contributed by atoms with Crippen LogP contribution in [0.2, 0.25) is 0 Å². The SMILES string of the molecule is C=C(/C=C\C=C(\C)I)NN=N. The minimum absolute atomic E-state index is 0.605. The zero-order valence-corrected chi connectivity index (χ0v) is 8.42. The number of rotatable bonds is 4. The molecule has 3 nitrogen and oxygen atoms in total. The summed E-state index contributed by atoms with van der Waals surface area (Å²) >= 11 is 2.21. The van der Waals surface area contributed by atoms with Crippen molar-refractivity contribution in [2.24, 2.45) is 5.22 Å². The summed E-state index contributed by atoms with van der Waals surface area (Å²) in [6.07, 6.45) is 5.54. The summed E-state index contributed by atoms with van der Waals surface area (Å²) in [5, 5.41) is 2.96. The number of nitrogens with zero attached hydrogens (tertiary/aromatic N) is 1. The molecular weight excluding hydrogens is 253 g/mol. The van der Waals surface area contributed by atoms with Gasteiger partial charge in [0.15, 0.2) is 0 Å². The average molecular weight is 263 g/mol. The number of hydrogen-bond donors (Lipinski definition) is 2. The van der Waals surface area contributed by atoms with Crippen molar-refractivity contribution in [3.63, 3.8) is 0 Å². The van der Waals surface area contributed by atoms with E-state index in [4.69, 9.17) is 5.53 Å². The molecule has 0 amide bonds. The molecule has 0 heterocycles. The van der Waals surface area contributed by atoms with Crippen molar-refractivity contribution in [1.29, 1.82) is 5.53 Å². The minimum atomic E-state index is 0.605. The van der Waals surface area contributed by atoms with E-state index in [1.165, 1.54) is 3.58 Å². The van der Waals surface area contributed by atoms with Gasteiger partial charge in [0.05, 0.1) is 5.70 Å². The normalized spacial score (nSPS) is 11.6. The van der Waals surface area contributed by atoms with Crippen LogP contribution in [0.5, 0.6) is 0 Å². The summed E-state index contributed by atoms with van der Waals surface area (Å²) in [6.45, 7) is 5.59. The maximum absolute atomic E-state index is 6.46. The molecule has 0 atom stereocenters. The second-order valence-electron chi connectivity index (χ2n) is 1.86. The number of hydrogen-bond acceptors (Lipinski definition) is 2. The fourth-order valence-corrected chi connectivity index (χ4v) is 0.614. The Labute approximate surface area is 79.9 Å². The molecular formula is C7H10IN3. The van der Waals surface area contributed by atoms with Gasteiger partial charge >= 0.3 is 0 Å². The first-order valence-corrected chi connectivity index (χ1v) is 4.06. The van der Waals surface area contributed by atoms with E-state index in [0.29, 0.717) is 5.70 Å². The molecule has 0 fully saturated rings. The lowest BCUT2D eigenvalue weighted by Gasteiger charge is -1.92. The molecule has 0 rings (SSSR count). The molecule has 0 aromatic carbocycles. The van der Waals surface area contributed by atoms with Gasteiger partial charge in [0.25, 0.3) is 0 Å². The van der Waals surface area contributed by atoms with Crippen LogP contribution in [0.4, 0.5) is 0 Å². The molecule has 11 heavy (non-hydrogen) atoms. The van der Waals surface area contributed by atoms with E-state index in [1.54, 1.807) is 6.08 Å². The van der Waals surface area contributed by atoms with Crippen LogP contribution in [-0.2, 0) is 0 Å². The van der Waals surface area contributed by atoms with Gasteiger partial charge in [-0.05, 0) is 39.2 Å². The molecule has 0 aromatic heterocycles. The fraction of sp³-hybridized carbons (Fsp3) is 0.143. The van der Waals surface area contributed by atoms with Crippen LogP contribution in [0.3, 0.4) is 0 Å². The third-order valence-corrected chi connectivity index (χ3v) is 1.18. The van der Waals surface area contributed by atoms with Crippen LogP contribution in [0.1, 0.15) is 6.92 Å². The lowest BCUT2D eigenvalue weighted by molar-refractivity contribution is 0.800. The Morgan fingerprint density at radius 3 is 2.82 bits per heavy atom. The number of halogens is 1. The highest BCUT2D eigenvalue weighted by atomic mass is 127. The van der Waals surface area contributed by atoms with Crippen molar-refractivity contribution in [3.8, 4) is 0 Å². The lowest BCUT2D eigenvalue weighted by atomic mass is 10.4. The van der Waals surface area contributed by atoms with Crippen molar-refractivity contribution in [2.45, 2.75) is 6.92 Å². The van der Waals surface area contributed by atoms with Gasteiger partial charge in [-0.25, -0.2) is 0 Å². The topological polar surface area (TPSA) is 48.2 Å². The van der Waals surface area contributed by atoms with Gasteiger partial charge < -0.3 is 0 Å². The third kappa shape index (κ3) is 7.24. The highest BCUT2D eigenvalue weighted by Gasteiger charge is 1.79. The highest BCUT2D eigenvalue weighted by Crippen LogP contribution is 2.02. The zero-order chi connectivity index (χ0) is 8.69. The second kappa shape index (κ2) is 6.09. The Kier molecular flexibility index (Phi) is 5.73. The van der Waals surface area contributed by atoms with Gasteiger partial charge in [0.2, 0.25) is 0 Å². The predicted molar refractivity (Wildman–Crippen MR) is 54.3 cm³/mol. The van der Waals surface area contributed by atoms with Crippen LogP contribution < -0.4 is 5.43 Å². The standard InChI is InChI=1S/C7H10IN3/c1-6(8)4-3-5-7(2)10-11-9/h3-5H,2H2,1H3,(H2,9,10)/b5-3-,6-4-. The monoisotopic (exact) mass is 263 g/mol. The van der Waals surface area contributed by atoms with Crippen LogP contribution in [0.25, 0.3) is 0 Å². The predicted octanol–water partition coefficient (Wildman–Crippen LogP) is 2.93. The molecule has 0 radical (unpaired) electrons. The smallest absolute Gasteiger partial charge is 0.0507 e. The molecule has 0 aliphatic heterocycles. The van der Waals surface area contributed by atoms with E-state index >= 15 is 0 Å². The maximum Gasteiger partial charge on any atom is 0.0507 e. The lowest BCUT2D eigenvalue weighted by Crippen LogP contribution is -1.97. The third-order valence-electron chi connectivity index (χ3n) is 0.823. The largest absolute Gasteiger partial charge is 0.261 e. The Bertz CT molecular complexity index is 202. The molecule has 0 saturated heterocycles. The zero-order valence-electron chi connectivity index (χ0n) is 6.26. The number of allylic oxidation sites excluding steroid dienone is 4. The minimum Gasteiger partial charge on any atom is -0.261 e. The van der Waals surface area contributed by atoms with Crippen LogP contribution >= 0.6 is 22.6 Å². The first-order valence-electron chi connectivity index (χ1n) is 2.98. The molecule has 0 unspecified atom stereocenters. The molecule has 60 valence electrons. The first-order chi connectivity index (χ1) is 5.16. The molecule has 0 aliphatic rings. The van der Waals surface area contributed by atoms with Gasteiger partial charge in [-0.15, -0.1) is 0 Å². The van der Waals surface area contributed by atoms with E-state index in [1.807, 2.05) is 19.1 Å². The van der Waals surface area contributed by atoms with Gasteiger partial charge in [0.1, 0.15) is 0 Å². The number of nitrogens with one attached hydrogen (secondary N) is 2. The average Bonchev–Trinajstić information content (AvgIpc) is 1.87.